The zero-order valence-corrected chi connectivity index (χ0v) is 16.9. The summed E-state index contributed by atoms with van der Waals surface area (Å²) in [5.74, 6) is 0.160. The Morgan fingerprint density at radius 1 is 0.733 bits per heavy atom. The molecule has 0 aliphatic heterocycles. The highest BCUT2D eigenvalue weighted by Gasteiger charge is 2.12. The molecule has 0 saturated carbocycles. The lowest BCUT2D eigenvalue weighted by atomic mass is 9.92. The first-order valence-corrected chi connectivity index (χ1v) is 9.95. The molecule has 0 aromatic heterocycles. The Morgan fingerprint density at radius 3 is 2.27 bits per heavy atom. The number of benzene rings is 4. The number of ketones is 1. The van der Waals surface area contributed by atoms with Crippen LogP contribution < -0.4 is 0 Å². The molecule has 146 valence electrons. The number of phenols is 1. The van der Waals surface area contributed by atoms with Gasteiger partial charge in [0.1, 0.15) is 5.75 Å². The van der Waals surface area contributed by atoms with Crippen molar-refractivity contribution in [2.75, 3.05) is 0 Å². The molecule has 2 nitrogen and oxygen atoms in total. The lowest BCUT2D eigenvalue weighted by Crippen LogP contribution is -1.93. The molecule has 1 N–H and O–H groups in total. The molecule has 0 bridgehead atoms. The van der Waals surface area contributed by atoms with Crippen LogP contribution in [0.4, 0.5) is 0 Å². The molecule has 0 heterocycles. The van der Waals surface area contributed by atoms with Crippen LogP contribution in [0.5, 0.6) is 5.75 Å². The van der Waals surface area contributed by atoms with Crippen molar-refractivity contribution >= 4 is 23.5 Å². The van der Waals surface area contributed by atoms with Crippen molar-refractivity contribution in [1.29, 1.82) is 0 Å². The smallest absolute Gasteiger partial charge is 0.185 e. The minimum atomic E-state index is -0.0512. The first-order valence-electron chi connectivity index (χ1n) is 9.57. The summed E-state index contributed by atoms with van der Waals surface area (Å²) in [5.41, 5.74) is 5.02. The van der Waals surface area contributed by atoms with Crippen molar-refractivity contribution in [3.05, 3.63) is 119 Å². The number of phenolic OH excluding ortho intramolecular Hbond substituents is 1. The molecule has 0 unspecified atom stereocenters. The van der Waals surface area contributed by atoms with Gasteiger partial charge in [0.25, 0.3) is 0 Å². The average molecular weight is 411 g/mol. The summed E-state index contributed by atoms with van der Waals surface area (Å²) < 4.78 is 0. The standard InChI is InChI=1S/C27H19ClO2/c28-22-10-6-9-21(18-22)25-17-19(14-16-26(29)20-7-2-1-3-8-20)13-15-23(25)24-11-4-5-12-27(24)30/h1-18,30H. The first kappa shape index (κ1) is 19.7. The Bertz CT molecular complexity index is 1230. The van der Waals surface area contributed by atoms with Gasteiger partial charge in [-0.3, -0.25) is 4.79 Å². The second-order valence-electron chi connectivity index (χ2n) is 6.90. The van der Waals surface area contributed by atoms with E-state index >= 15 is 0 Å². The number of allylic oxidation sites excluding steroid dienone is 1. The maximum absolute atomic E-state index is 12.4. The van der Waals surface area contributed by atoms with Crippen LogP contribution in [0.3, 0.4) is 0 Å². The van der Waals surface area contributed by atoms with Gasteiger partial charge in [0.05, 0.1) is 0 Å². The van der Waals surface area contributed by atoms with Crippen LogP contribution in [-0.2, 0) is 0 Å². The van der Waals surface area contributed by atoms with E-state index in [-0.39, 0.29) is 11.5 Å². The van der Waals surface area contributed by atoms with Crippen LogP contribution in [0.1, 0.15) is 15.9 Å². The lowest BCUT2D eigenvalue weighted by Gasteiger charge is -2.13. The zero-order chi connectivity index (χ0) is 20.9. The second kappa shape index (κ2) is 8.81. The van der Waals surface area contributed by atoms with Gasteiger partial charge >= 0.3 is 0 Å². The molecule has 4 rings (SSSR count). The van der Waals surface area contributed by atoms with Gasteiger partial charge in [-0.05, 0) is 52.6 Å². The topological polar surface area (TPSA) is 37.3 Å². The Morgan fingerprint density at radius 2 is 1.50 bits per heavy atom. The lowest BCUT2D eigenvalue weighted by molar-refractivity contribution is 0.104. The van der Waals surface area contributed by atoms with Gasteiger partial charge in [0, 0.05) is 16.1 Å². The minimum Gasteiger partial charge on any atom is -0.507 e. The normalized spacial score (nSPS) is 11.0. The summed E-state index contributed by atoms with van der Waals surface area (Å²) in [6, 6.07) is 29.9. The van der Waals surface area contributed by atoms with E-state index < -0.39 is 0 Å². The summed E-state index contributed by atoms with van der Waals surface area (Å²) in [5, 5.41) is 11.0. The highest BCUT2D eigenvalue weighted by atomic mass is 35.5. The van der Waals surface area contributed by atoms with Crippen molar-refractivity contribution in [3.8, 4) is 28.0 Å². The number of hydrogen-bond donors (Lipinski definition) is 1. The van der Waals surface area contributed by atoms with Crippen LogP contribution >= 0.6 is 11.6 Å². The Balaban J connectivity index is 1.78. The Labute approximate surface area is 180 Å². The van der Waals surface area contributed by atoms with Gasteiger partial charge in [0.15, 0.2) is 5.78 Å². The maximum atomic E-state index is 12.4. The van der Waals surface area contributed by atoms with Crippen LogP contribution in [0, 0.1) is 0 Å². The fourth-order valence-corrected chi connectivity index (χ4v) is 3.56. The predicted octanol–water partition coefficient (Wildman–Crippen LogP) is 7.28. The van der Waals surface area contributed by atoms with E-state index in [4.69, 9.17) is 11.6 Å². The molecule has 0 radical (unpaired) electrons. The van der Waals surface area contributed by atoms with Gasteiger partial charge in [0.2, 0.25) is 0 Å². The first-order chi connectivity index (χ1) is 14.6. The van der Waals surface area contributed by atoms with Crippen molar-refractivity contribution in [3.63, 3.8) is 0 Å². The molecule has 4 aromatic rings. The third kappa shape index (κ3) is 4.35. The van der Waals surface area contributed by atoms with Crippen molar-refractivity contribution in [2.45, 2.75) is 0 Å². The monoisotopic (exact) mass is 410 g/mol. The number of para-hydroxylation sites is 1. The van der Waals surface area contributed by atoms with Crippen molar-refractivity contribution in [2.24, 2.45) is 0 Å². The SMILES string of the molecule is O=C(C=Cc1ccc(-c2ccccc2O)c(-c2cccc(Cl)c2)c1)c1ccccc1. The summed E-state index contributed by atoms with van der Waals surface area (Å²) in [6.45, 7) is 0. The zero-order valence-electron chi connectivity index (χ0n) is 16.1. The molecule has 4 aromatic carbocycles. The average Bonchev–Trinajstić information content (AvgIpc) is 2.78. The third-order valence-corrected chi connectivity index (χ3v) is 5.09. The summed E-state index contributed by atoms with van der Waals surface area (Å²) in [6.07, 6.45) is 3.38. The molecule has 30 heavy (non-hydrogen) atoms. The summed E-state index contributed by atoms with van der Waals surface area (Å²) in [4.78, 5) is 12.4. The van der Waals surface area contributed by atoms with Gasteiger partial charge < -0.3 is 5.11 Å². The van der Waals surface area contributed by atoms with E-state index in [2.05, 4.69) is 0 Å². The van der Waals surface area contributed by atoms with Gasteiger partial charge in [-0.25, -0.2) is 0 Å². The second-order valence-corrected chi connectivity index (χ2v) is 7.33. The van der Waals surface area contributed by atoms with E-state index in [0.717, 1.165) is 27.8 Å². The number of aromatic hydroxyl groups is 1. The van der Waals surface area contributed by atoms with E-state index in [1.165, 1.54) is 0 Å². The van der Waals surface area contributed by atoms with Crippen LogP contribution in [0.2, 0.25) is 5.02 Å². The molecular weight excluding hydrogens is 392 g/mol. The number of halogens is 1. The van der Waals surface area contributed by atoms with E-state index in [1.54, 1.807) is 36.4 Å². The Kier molecular flexibility index (Phi) is 5.78. The summed E-state index contributed by atoms with van der Waals surface area (Å²) in [7, 11) is 0. The van der Waals surface area contributed by atoms with Crippen LogP contribution in [-0.4, -0.2) is 10.9 Å². The number of carbonyl (C=O) groups is 1. The van der Waals surface area contributed by atoms with E-state index in [9.17, 15) is 9.90 Å². The highest BCUT2D eigenvalue weighted by Crippen LogP contribution is 2.38. The highest BCUT2D eigenvalue weighted by molar-refractivity contribution is 6.30. The van der Waals surface area contributed by atoms with Crippen LogP contribution in [0.25, 0.3) is 28.3 Å². The van der Waals surface area contributed by atoms with E-state index in [0.29, 0.717) is 10.6 Å². The van der Waals surface area contributed by atoms with Crippen LogP contribution in [0.15, 0.2) is 103 Å². The molecular formula is C27H19ClO2. The molecule has 0 spiro atoms. The number of rotatable bonds is 5. The molecule has 3 heteroatoms. The molecule has 0 saturated heterocycles. The molecule has 0 amide bonds. The quantitative estimate of drug-likeness (QED) is 0.277. The molecule has 0 atom stereocenters. The largest absolute Gasteiger partial charge is 0.507 e. The Hall–Kier alpha value is -3.62. The van der Waals surface area contributed by atoms with Gasteiger partial charge in [-0.15, -0.1) is 0 Å². The maximum Gasteiger partial charge on any atom is 0.185 e. The molecule has 0 fully saturated rings. The molecule has 0 aliphatic rings. The fourth-order valence-electron chi connectivity index (χ4n) is 3.37. The summed E-state index contributed by atoms with van der Waals surface area (Å²) >= 11 is 6.23. The van der Waals surface area contributed by atoms with Gasteiger partial charge in [-0.2, -0.15) is 0 Å². The number of carbonyl (C=O) groups excluding carboxylic acids is 1. The van der Waals surface area contributed by atoms with Gasteiger partial charge in [-0.1, -0.05) is 90.5 Å². The number of hydrogen-bond acceptors (Lipinski definition) is 2. The molecule has 0 aliphatic carbocycles. The van der Waals surface area contributed by atoms with E-state index in [1.807, 2.05) is 72.8 Å². The van der Waals surface area contributed by atoms with Crippen molar-refractivity contribution < 1.29 is 9.90 Å². The fraction of sp³-hybridized carbons (Fsp3) is 0. The predicted molar refractivity (Wildman–Crippen MR) is 124 cm³/mol. The minimum absolute atomic E-state index is 0.0512. The van der Waals surface area contributed by atoms with Crippen molar-refractivity contribution in [1.82, 2.24) is 0 Å². The third-order valence-electron chi connectivity index (χ3n) is 4.86.